The van der Waals surface area contributed by atoms with Crippen molar-refractivity contribution in [3.63, 3.8) is 0 Å². The van der Waals surface area contributed by atoms with Gasteiger partial charge in [-0.2, -0.15) is 0 Å². The Morgan fingerprint density at radius 1 is 1.46 bits per heavy atom. The molecule has 0 aliphatic rings. The van der Waals surface area contributed by atoms with Crippen LogP contribution in [0.15, 0.2) is 24.2 Å². The van der Waals surface area contributed by atoms with E-state index in [1.807, 2.05) is 27.7 Å². The summed E-state index contributed by atoms with van der Waals surface area (Å²) < 4.78 is 18.4. The monoisotopic (exact) mass is 186 g/mol. The van der Waals surface area contributed by atoms with Crippen LogP contribution in [0.2, 0.25) is 0 Å². The van der Waals surface area contributed by atoms with E-state index in [-0.39, 0.29) is 5.83 Å². The molecule has 0 N–H and O–H groups in total. The zero-order chi connectivity index (χ0) is 10.3. The van der Waals surface area contributed by atoms with Crippen molar-refractivity contribution in [2.45, 2.75) is 46.1 Å². The second-order valence-corrected chi connectivity index (χ2v) is 3.53. The average molecular weight is 186 g/mol. The van der Waals surface area contributed by atoms with Gasteiger partial charge >= 0.3 is 0 Å². The molecule has 13 heavy (non-hydrogen) atoms. The second kappa shape index (κ2) is 5.79. The zero-order valence-electron chi connectivity index (χ0n) is 8.93. The zero-order valence-corrected chi connectivity index (χ0v) is 8.93. The van der Waals surface area contributed by atoms with E-state index in [4.69, 9.17) is 4.74 Å². The number of ether oxygens (including phenoxy) is 1. The van der Waals surface area contributed by atoms with E-state index in [2.05, 4.69) is 0 Å². The van der Waals surface area contributed by atoms with Crippen molar-refractivity contribution < 1.29 is 9.13 Å². The van der Waals surface area contributed by atoms with Gasteiger partial charge in [0.15, 0.2) is 0 Å². The van der Waals surface area contributed by atoms with Crippen LogP contribution in [0.4, 0.5) is 4.39 Å². The summed E-state index contributed by atoms with van der Waals surface area (Å²) in [5.41, 5.74) is -0.550. The number of hydrogen-bond donors (Lipinski definition) is 0. The highest BCUT2D eigenvalue weighted by Crippen LogP contribution is 2.17. The number of halogens is 1. The third kappa shape index (κ3) is 6.38. The molecule has 0 aliphatic carbocycles. The smallest absolute Gasteiger partial charge is 0.123 e. The first-order valence-electron chi connectivity index (χ1n) is 4.68. The summed E-state index contributed by atoms with van der Waals surface area (Å²) in [5, 5.41) is 0. The maximum Gasteiger partial charge on any atom is 0.123 e. The highest BCUT2D eigenvalue weighted by molar-refractivity contribution is 5.03. The Bertz CT molecular complexity index is 192. The fourth-order valence-corrected chi connectivity index (χ4v) is 0.966. The summed E-state index contributed by atoms with van der Waals surface area (Å²) in [6.07, 6.45) is 6.20. The molecule has 0 heterocycles. The molecule has 0 aliphatic heterocycles. The van der Waals surface area contributed by atoms with E-state index in [0.29, 0.717) is 6.42 Å². The lowest BCUT2D eigenvalue weighted by molar-refractivity contribution is 0.102. The van der Waals surface area contributed by atoms with E-state index in [1.165, 1.54) is 6.08 Å². The highest BCUT2D eigenvalue weighted by atomic mass is 19.1. The summed E-state index contributed by atoms with van der Waals surface area (Å²) >= 11 is 0. The van der Waals surface area contributed by atoms with Crippen LogP contribution in [0.25, 0.3) is 0 Å². The van der Waals surface area contributed by atoms with Crippen molar-refractivity contribution in [3.05, 3.63) is 24.2 Å². The molecule has 0 bridgehead atoms. The SMILES string of the molecule is C/C=C/OC(C)(C)/C=C(/F)CCC. The highest BCUT2D eigenvalue weighted by Gasteiger charge is 2.15. The minimum absolute atomic E-state index is 0.1000. The van der Waals surface area contributed by atoms with Crippen LogP contribution >= 0.6 is 0 Å². The molecule has 0 aromatic heterocycles. The maximum atomic E-state index is 13.1. The maximum absolute atomic E-state index is 13.1. The van der Waals surface area contributed by atoms with E-state index >= 15 is 0 Å². The van der Waals surface area contributed by atoms with Crippen molar-refractivity contribution in [2.24, 2.45) is 0 Å². The number of rotatable bonds is 5. The molecule has 0 atom stereocenters. The fraction of sp³-hybridized carbons (Fsp3) is 0.636. The van der Waals surface area contributed by atoms with Gasteiger partial charge in [0.25, 0.3) is 0 Å². The first-order valence-corrected chi connectivity index (χ1v) is 4.68. The predicted octanol–water partition coefficient (Wildman–Crippen LogP) is 3.97. The van der Waals surface area contributed by atoms with Crippen molar-refractivity contribution >= 4 is 0 Å². The molecule has 0 radical (unpaired) electrons. The molecule has 0 saturated carbocycles. The fourth-order valence-electron chi connectivity index (χ4n) is 0.966. The van der Waals surface area contributed by atoms with Crippen LogP contribution in [0.1, 0.15) is 40.5 Å². The standard InChI is InChI=1S/C11H19FO/c1-5-7-10(12)9-11(3,4)13-8-6-2/h6,8-9H,5,7H2,1-4H3/b8-6+,10-9+. The van der Waals surface area contributed by atoms with Crippen molar-refractivity contribution in [3.8, 4) is 0 Å². The van der Waals surface area contributed by atoms with Crippen molar-refractivity contribution in [1.29, 1.82) is 0 Å². The Balaban J connectivity index is 4.20. The molecule has 0 fully saturated rings. The molecule has 0 saturated heterocycles. The molecule has 1 nitrogen and oxygen atoms in total. The van der Waals surface area contributed by atoms with Gasteiger partial charge in [0, 0.05) is 0 Å². The van der Waals surface area contributed by atoms with E-state index < -0.39 is 5.60 Å². The summed E-state index contributed by atoms with van der Waals surface area (Å²) in [4.78, 5) is 0. The quantitative estimate of drug-likeness (QED) is 0.590. The largest absolute Gasteiger partial charge is 0.492 e. The minimum atomic E-state index is -0.550. The van der Waals surface area contributed by atoms with Crippen LogP contribution in [-0.2, 0) is 4.74 Å². The Hall–Kier alpha value is -0.790. The lowest BCUT2D eigenvalue weighted by Gasteiger charge is -2.20. The molecule has 0 unspecified atom stereocenters. The Labute approximate surface area is 80.3 Å². The first kappa shape index (κ1) is 12.2. The molecular formula is C11H19FO. The van der Waals surface area contributed by atoms with Gasteiger partial charge in [-0.25, -0.2) is 4.39 Å². The Kier molecular flexibility index (Phi) is 5.44. The average Bonchev–Trinajstić information content (AvgIpc) is 2.00. The van der Waals surface area contributed by atoms with Crippen LogP contribution in [0, 0.1) is 0 Å². The summed E-state index contributed by atoms with van der Waals surface area (Å²) in [5.74, 6) is -0.1000. The molecule has 76 valence electrons. The Morgan fingerprint density at radius 2 is 2.08 bits per heavy atom. The molecule has 0 spiro atoms. The lowest BCUT2D eigenvalue weighted by Crippen LogP contribution is -2.18. The molecule has 0 amide bonds. The van der Waals surface area contributed by atoms with E-state index in [0.717, 1.165) is 6.42 Å². The predicted molar refractivity (Wildman–Crippen MR) is 54.1 cm³/mol. The van der Waals surface area contributed by atoms with Crippen molar-refractivity contribution in [1.82, 2.24) is 0 Å². The third-order valence-electron chi connectivity index (χ3n) is 1.50. The summed E-state index contributed by atoms with van der Waals surface area (Å²) in [6.45, 7) is 7.49. The first-order chi connectivity index (χ1) is 6.02. The summed E-state index contributed by atoms with van der Waals surface area (Å²) in [7, 11) is 0. The van der Waals surface area contributed by atoms with Crippen LogP contribution in [0.3, 0.4) is 0 Å². The van der Waals surface area contributed by atoms with Gasteiger partial charge in [-0.3, -0.25) is 0 Å². The number of hydrogen-bond acceptors (Lipinski definition) is 1. The van der Waals surface area contributed by atoms with Gasteiger partial charge < -0.3 is 4.74 Å². The third-order valence-corrected chi connectivity index (χ3v) is 1.50. The Morgan fingerprint density at radius 3 is 2.54 bits per heavy atom. The minimum Gasteiger partial charge on any atom is -0.492 e. The van der Waals surface area contributed by atoms with Gasteiger partial charge in [-0.1, -0.05) is 13.0 Å². The molecule has 0 rings (SSSR count). The lowest BCUT2D eigenvalue weighted by atomic mass is 10.1. The molecule has 0 aromatic carbocycles. The topological polar surface area (TPSA) is 9.23 Å². The van der Waals surface area contributed by atoms with Crippen LogP contribution < -0.4 is 0 Å². The van der Waals surface area contributed by atoms with Gasteiger partial charge in [0.1, 0.15) is 5.60 Å². The summed E-state index contributed by atoms with van der Waals surface area (Å²) in [6, 6.07) is 0. The van der Waals surface area contributed by atoms with Crippen molar-refractivity contribution in [2.75, 3.05) is 0 Å². The van der Waals surface area contributed by atoms with Gasteiger partial charge in [0.2, 0.25) is 0 Å². The molecule has 2 heteroatoms. The van der Waals surface area contributed by atoms with Crippen LogP contribution in [-0.4, -0.2) is 5.60 Å². The van der Waals surface area contributed by atoms with Gasteiger partial charge in [-0.15, -0.1) is 0 Å². The van der Waals surface area contributed by atoms with Gasteiger partial charge in [0.05, 0.1) is 12.1 Å². The normalized spacial score (nSPS) is 13.8. The molecule has 0 aromatic rings. The van der Waals surface area contributed by atoms with Crippen LogP contribution in [0.5, 0.6) is 0 Å². The van der Waals surface area contributed by atoms with E-state index in [9.17, 15) is 4.39 Å². The van der Waals surface area contributed by atoms with E-state index in [1.54, 1.807) is 12.3 Å². The number of allylic oxidation sites excluding steroid dienone is 2. The molecular weight excluding hydrogens is 167 g/mol. The second-order valence-electron chi connectivity index (χ2n) is 3.53. The van der Waals surface area contributed by atoms with Gasteiger partial charge in [-0.05, 0) is 39.7 Å².